The molecule has 4 rings (SSSR count). The van der Waals surface area contributed by atoms with E-state index in [0.717, 1.165) is 44.2 Å². The summed E-state index contributed by atoms with van der Waals surface area (Å²) in [6, 6.07) is 13.6. The number of aryl methyl sites for hydroxylation is 1. The van der Waals surface area contributed by atoms with Crippen molar-refractivity contribution in [2.45, 2.75) is 13.0 Å². The normalized spacial score (nSPS) is 14.5. The van der Waals surface area contributed by atoms with Gasteiger partial charge in [-0.2, -0.15) is 0 Å². The summed E-state index contributed by atoms with van der Waals surface area (Å²) in [5, 5.41) is 5.16. The number of fused-ring (bicyclic) bond motifs is 1. The van der Waals surface area contributed by atoms with E-state index in [2.05, 4.69) is 27.0 Å². The minimum absolute atomic E-state index is 0. The van der Waals surface area contributed by atoms with E-state index >= 15 is 0 Å². The van der Waals surface area contributed by atoms with Crippen LogP contribution in [0.4, 0.5) is 5.69 Å². The number of halogens is 3. The molecule has 1 aromatic carbocycles. The van der Waals surface area contributed by atoms with Gasteiger partial charge in [-0.15, -0.1) is 29.9 Å². The van der Waals surface area contributed by atoms with Crippen molar-refractivity contribution in [3.63, 3.8) is 0 Å². The number of anilines is 1. The van der Waals surface area contributed by atoms with E-state index in [4.69, 9.17) is 11.6 Å². The largest absolute Gasteiger partial charge is 0.369 e. The van der Waals surface area contributed by atoms with E-state index in [1.165, 1.54) is 5.69 Å². The van der Waals surface area contributed by atoms with Crippen LogP contribution in [0.25, 0.3) is 5.65 Å². The minimum atomic E-state index is -0.0619. The molecule has 0 N–H and O–H groups in total. The molecule has 0 unspecified atom stereocenters. The zero-order chi connectivity index (χ0) is 17.9. The lowest BCUT2D eigenvalue weighted by Gasteiger charge is -2.36. The molecule has 0 amide bonds. The number of nitrogens with zero attached hydrogens (tertiary/aromatic N) is 5. The highest BCUT2D eigenvalue weighted by molar-refractivity contribution is 6.30. The molecule has 1 aliphatic rings. The molecule has 0 aliphatic carbocycles. The fourth-order valence-electron chi connectivity index (χ4n) is 3.44. The van der Waals surface area contributed by atoms with Crippen LogP contribution >= 0.6 is 36.4 Å². The van der Waals surface area contributed by atoms with Gasteiger partial charge in [0.2, 0.25) is 0 Å². The molecular weight excluding hydrogens is 421 g/mol. The highest BCUT2D eigenvalue weighted by atomic mass is 35.5. The van der Waals surface area contributed by atoms with E-state index in [1.54, 1.807) is 15.3 Å². The molecule has 1 fully saturated rings. The van der Waals surface area contributed by atoms with Crippen LogP contribution in [0.5, 0.6) is 0 Å². The molecule has 0 atom stereocenters. The number of hydrogen-bond acceptors (Lipinski definition) is 4. The number of benzene rings is 1. The van der Waals surface area contributed by atoms with Crippen LogP contribution in [0.15, 0.2) is 53.5 Å². The Morgan fingerprint density at radius 3 is 2.32 bits per heavy atom. The zero-order valence-corrected chi connectivity index (χ0v) is 17.8. The van der Waals surface area contributed by atoms with E-state index in [9.17, 15) is 4.79 Å². The van der Waals surface area contributed by atoms with Crippen molar-refractivity contribution in [2.75, 3.05) is 37.6 Å². The fraction of sp³-hybridized carbons (Fsp3) is 0.368. The Morgan fingerprint density at radius 1 is 0.929 bits per heavy atom. The summed E-state index contributed by atoms with van der Waals surface area (Å²) in [5.74, 6) is 0. The monoisotopic (exact) mass is 443 g/mol. The SMILES string of the molecule is Cl.Cl.O=c1n(CCCN2CCN(c3ccc(Cl)cc3)CC2)nc2ccccn12. The number of piperazine rings is 1. The second-order valence-electron chi connectivity index (χ2n) is 6.59. The average molecular weight is 445 g/mol. The first-order valence-electron chi connectivity index (χ1n) is 8.98. The Labute approximate surface area is 181 Å². The van der Waals surface area contributed by atoms with Gasteiger partial charge in [-0.3, -0.25) is 9.30 Å². The third-order valence-corrected chi connectivity index (χ3v) is 5.15. The van der Waals surface area contributed by atoms with Gasteiger partial charge < -0.3 is 4.90 Å². The predicted octanol–water partition coefficient (Wildman–Crippen LogP) is 3.21. The second kappa shape index (κ2) is 10.2. The van der Waals surface area contributed by atoms with Crippen LogP contribution in [-0.2, 0) is 6.54 Å². The number of aromatic nitrogens is 3. The molecule has 0 spiro atoms. The lowest BCUT2D eigenvalue weighted by Crippen LogP contribution is -2.46. The molecule has 152 valence electrons. The maximum atomic E-state index is 12.3. The van der Waals surface area contributed by atoms with Gasteiger partial charge in [0.25, 0.3) is 0 Å². The molecule has 1 aliphatic heterocycles. The topological polar surface area (TPSA) is 45.8 Å². The maximum Gasteiger partial charge on any atom is 0.350 e. The van der Waals surface area contributed by atoms with Gasteiger partial charge in [0.05, 0.1) is 0 Å². The first kappa shape index (κ1) is 22.6. The van der Waals surface area contributed by atoms with Gasteiger partial charge in [0.1, 0.15) is 0 Å². The Balaban J connectivity index is 0.00000140. The Kier molecular flexibility index (Phi) is 8.19. The third-order valence-electron chi connectivity index (χ3n) is 4.90. The molecular formula is C19H24Cl3N5O. The van der Waals surface area contributed by atoms with Crippen molar-refractivity contribution < 1.29 is 0 Å². The van der Waals surface area contributed by atoms with E-state index < -0.39 is 0 Å². The molecule has 2 aromatic heterocycles. The molecule has 3 aromatic rings. The number of rotatable bonds is 5. The summed E-state index contributed by atoms with van der Waals surface area (Å²) in [6.07, 6.45) is 2.68. The van der Waals surface area contributed by atoms with Crippen LogP contribution in [0, 0.1) is 0 Å². The lowest BCUT2D eigenvalue weighted by atomic mass is 10.2. The second-order valence-corrected chi connectivity index (χ2v) is 7.03. The summed E-state index contributed by atoms with van der Waals surface area (Å²) in [4.78, 5) is 17.1. The Morgan fingerprint density at radius 2 is 1.64 bits per heavy atom. The van der Waals surface area contributed by atoms with Crippen molar-refractivity contribution in [1.82, 2.24) is 19.1 Å². The van der Waals surface area contributed by atoms with Crippen molar-refractivity contribution in [3.05, 3.63) is 64.2 Å². The van der Waals surface area contributed by atoms with Gasteiger partial charge in [0.15, 0.2) is 5.65 Å². The average Bonchev–Trinajstić information content (AvgIpc) is 2.99. The molecule has 28 heavy (non-hydrogen) atoms. The number of pyridine rings is 1. The smallest absolute Gasteiger partial charge is 0.350 e. The first-order valence-corrected chi connectivity index (χ1v) is 9.35. The van der Waals surface area contributed by atoms with Crippen molar-refractivity contribution in [2.24, 2.45) is 0 Å². The number of hydrogen-bond donors (Lipinski definition) is 0. The van der Waals surface area contributed by atoms with Crippen LogP contribution in [0.2, 0.25) is 5.02 Å². The maximum absolute atomic E-state index is 12.3. The summed E-state index contributed by atoms with van der Waals surface area (Å²) >= 11 is 5.96. The lowest BCUT2D eigenvalue weighted by molar-refractivity contribution is 0.248. The van der Waals surface area contributed by atoms with Gasteiger partial charge in [0, 0.05) is 56.2 Å². The quantitative estimate of drug-likeness (QED) is 0.606. The predicted molar refractivity (Wildman–Crippen MR) is 119 cm³/mol. The summed E-state index contributed by atoms with van der Waals surface area (Å²) in [7, 11) is 0. The molecule has 3 heterocycles. The van der Waals surface area contributed by atoms with Crippen molar-refractivity contribution >= 4 is 47.7 Å². The third kappa shape index (κ3) is 5.00. The van der Waals surface area contributed by atoms with Crippen LogP contribution in [-0.4, -0.2) is 51.8 Å². The highest BCUT2D eigenvalue weighted by Gasteiger charge is 2.17. The standard InChI is InChI=1S/C19H22ClN5O.2ClH/c20-16-5-7-17(8-6-16)23-14-12-22(13-15-23)9-3-11-25-19(26)24-10-2-1-4-18(24)21-25;;/h1-2,4-8,10H,3,9,11-15H2;2*1H. The molecule has 6 nitrogen and oxygen atoms in total. The zero-order valence-electron chi connectivity index (χ0n) is 15.4. The van der Waals surface area contributed by atoms with E-state index in [-0.39, 0.29) is 30.5 Å². The van der Waals surface area contributed by atoms with Crippen LogP contribution in [0.3, 0.4) is 0 Å². The minimum Gasteiger partial charge on any atom is -0.369 e. The molecule has 9 heteroatoms. The first-order chi connectivity index (χ1) is 12.7. The molecule has 0 radical (unpaired) electrons. The summed E-state index contributed by atoms with van der Waals surface area (Å²) in [5.41, 5.74) is 1.87. The van der Waals surface area contributed by atoms with Crippen molar-refractivity contribution in [3.8, 4) is 0 Å². The summed E-state index contributed by atoms with van der Waals surface area (Å²) in [6.45, 7) is 5.71. The van der Waals surface area contributed by atoms with Crippen LogP contribution in [0.1, 0.15) is 6.42 Å². The molecule has 0 saturated carbocycles. The van der Waals surface area contributed by atoms with Gasteiger partial charge in [-0.25, -0.2) is 9.48 Å². The Bertz CT molecular complexity index is 933. The molecule has 0 bridgehead atoms. The Hall–Kier alpha value is -1.73. The highest BCUT2D eigenvalue weighted by Crippen LogP contribution is 2.19. The van der Waals surface area contributed by atoms with Gasteiger partial charge in [-0.1, -0.05) is 17.7 Å². The van der Waals surface area contributed by atoms with Gasteiger partial charge in [-0.05, 0) is 42.8 Å². The van der Waals surface area contributed by atoms with Gasteiger partial charge >= 0.3 is 5.69 Å². The fourth-order valence-corrected chi connectivity index (χ4v) is 3.57. The van der Waals surface area contributed by atoms with E-state index in [0.29, 0.717) is 12.2 Å². The van der Waals surface area contributed by atoms with Crippen molar-refractivity contribution in [1.29, 1.82) is 0 Å². The summed E-state index contributed by atoms with van der Waals surface area (Å²) < 4.78 is 3.16. The molecule has 1 saturated heterocycles. The van der Waals surface area contributed by atoms with Crippen LogP contribution < -0.4 is 10.6 Å². The van der Waals surface area contributed by atoms with E-state index in [1.807, 2.05) is 30.3 Å².